The molecule has 45 heavy (non-hydrogen) atoms. The topological polar surface area (TPSA) is 91.7 Å². The zero-order valence-electron chi connectivity index (χ0n) is 24.2. The van der Waals surface area contributed by atoms with Gasteiger partial charge in [0.05, 0.1) is 31.6 Å². The molecular formula is C33H25F4N3O5. The van der Waals surface area contributed by atoms with Crippen LogP contribution in [0.15, 0.2) is 65.6 Å². The standard InChI is InChI=1S/C33H25F4N3O5/c1-16-10-21(34)22(35)13-27(16)40-26(17-4-5-17)8-7-19(33(40)42)32(41)39-18-6-9-28(23(36)11-18)45-31-20-12-29(43-2)30(44-3)14-25(20)38-15-24(31)37/h6-15,17H,4-5H2,1-3H3,(H,39,41). The van der Waals surface area contributed by atoms with E-state index in [1.807, 2.05) is 0 Å². The fourth-order valence-electron chi connectivity index (χ4n) is 5.09. The van der Waals surface area contributed by atoms with E-state index in [4.69, 9.17) is 14.2 Å². The number of fused-ring (bicyclic) bond motifs is 1. The fraction of sp³-hybridized carbons (Fsp3) is 0.182. The Balaban J connectivity index is 1.30. The number of amides is 1. The van der Waals surface area contributed by atoms with Crippen LogP contribution in [0.4, 0.5) is 23.2 Å². The third-order valence-corrected chi connectivity index (χ3v) is 7.51. The van der Waals surface area contributed by atoms with Crippen molar-refractivity contribution in [1.82, 2.24) is 9.55 Å². The molecule has 5 aromatic rings. The Morgan fingerprint density at radius 1 is 0.867 bits per heavy atom. The molecule has 1 aliphatic carbocycles. The highest BCUT2D eigenvalue weighted by atomic mass is 19.2. The van der Waals surface area contributed by atoms with E-state index < -0.39 is 34.7 Å². The van der Waals surface area contributed by atoms with Crippen molar-refractivity contribution in [2.45, 2.75) is 25.7 Å². The molecule has 2 heterocycles. The van der Waals surface area contributed by atoms with Gasteiger partial charge in [-0.3, -0.25) is 19.1 Å². The van der Waals surface area contributed by atoms with Crippen LogP contribution in [-0.4, -0.2) is 29.7 Å². The summed E-state index contributed by atoms with van der Waals surface area (Å²) in [5, 5.41) is 2.68. The van der Waals surface area contributed by atoms with Crippen LogP contribution in [0.5, 0.6) is 23.0 Å². The molecule has 6 rings (SSSR count). The zero-order chi connectivity index (χ0) is 32.0. The van der Waals surface area contributed by atoms with Crippen molar-refractivity contribution in [3.8, 4) is 28.7 Å². The van der Waals surface area contributed by atoms with E-state index in [1.54, 1.807) is 6.07 Å². The normalized spacial score (nSPS) is 12.7. The number of methoxy groups -OCH3 is 2. The molecule has 0 radical (unpaired) electrons. The van der Waals surface area contributed by atoms with Crippen LogP contribution in [-0.2, 0) is 0 Å². The maximum Gasteiger partial charge on any atom is 0.268 e. The fourth-order valence-corrected chi connectivity index (χ4v) is 5.09. The van der Waals surface area contributed by atoms with Gasteiger partial charge in [-0.15, -0.1) is 0 Å². The van der Waals surface area contributed by atoms with Gasteiger partial charge in [0, 0.05) is 35.0 Å². The molecule has 3 aromatic carbocycles. The van der Waals surface area contributed by atoms with E-state index >= 15 is 4.39 Å². The number of pyridine rings is 2. The average molecular weight is 620 g/mol. The van der Waals surface area contributed by atoms with Crippen LogP contribution in [0, 0.1) is 30.2 Å². The summed E-state index contributed by atoms with van der Waals surface area (Å²) >= 11 is 0. The minimum absolute atomic E-state index is 0.0162. The summed E-state index contributed by atoms with van der Waals surface area (Å²) in [5.41, 5.74) is 0.268. The van der Waals surface area contributed by atoms with Crippen LogP contribution >= 0.6 is 0 Å². The highest BCUT2D eigenvalue weighted by molar-refractivity contribution is 6.04. The highest BCUT2D eigenvalue weighted by Gasteiger charge is 2.30. The number of nitrogens with one attached hydrogen (secondary N) is 1. The lowest BCUT2D eigenvalue weighted by Gasteiger charge is -2.17. The second kappa shape index (κ2) is 11.6. The molecule has 1 saturated carbocycles. The predicted molar refractivity (Wildman–Crippen MR) is 158 cm³/mol. The molecule has 230 valence electrons. The number of anilines is 1. The zero-order valence-corrected chi connectivity index (χ0v) is 24.2. The first-order chi connectivity index (χ1) is 21.6. The third-order valence-electron chi connectivity index (χ3n) is 7.51. The Morgan fingerprint density at radius 3 is 2.27 bits per heavy atom. The van der Waals surface area contributed by atoms with Crippen molar-refractivity contribution < 1.29 is 36.6 Å². The third kappa shape index (κ3) is 5.54. The van der Waals surface area contributed by atoms with Gasteiger partial charge in [0.25, 0.3) is 11.5 Å². The maximum absolute atomic E-state index is 15.2. The molecule has 1 fully saturated rings. The Bertz CT molecular complexity index is 2060. The van der Waals surface area contributed by atoms with Gasteiger partial charge < -0.3 is 19.5 Å². The molecule has 0 atom stereocenters. The van der Waals surface area contributed by atoms with Gasteiger partial charge in [0.2, 0.25) is 0 Å². The van der Waals surface area contributed by atoms with Gasteiger partial charge in [-0.1, -0.05) is 0 Å². The highest BCUT2D eigenvalue weighted by Crippen LogP contribution is 2.41. The summed E-state index contributed by atoms with van der Waals surface area (Å²) in [7, 11) is 2.84. The molecular weight excluding hydrogens is 594 g/mol. The Hall–Kier alpha value is -5.39. The Kier molecular flexibility index (Phi) is 7.65. The van der Waals surface area contributed by atoms with E-state index in [2.05, 4.69) is 10.3 Å². The van der Waals surface area contributed by atoms with E-state index in [0.29, 0.717) is 22.5 Å². The molecule has 8 nitrogen and oxygen atoms in total. The van der Waals surface area contributed by atoms with Gasteiger partial charge in [-0.25, -0.2) is 17.6 Å². The van der Waals surface area contributed by atoms with Crippen molar-refractivity contribution >= 4 is 22.5 Å². The lowest BCUT2D eigenvalue weighted by Crippen LogP contribution is -2.30. The maximum atomic E-state index is 15.2. The van der Waals surface area contributed by atoms with E-state index in [0.717, 1.165) is 37.2 Å². The quantitative estimate of drug-likeness (QED) is 0.185. The van der Waals surface area contributed by atoms with Crippen molar-refractivity contribution in [3.63, 3.8) is 0 Å². The first kappa shape index (κ1) is 29.7. The van der Waals surface area contributed by atoms with E-state index in [9.17, 15) is 22.8 Å². The molecule has 1 aliphatic rings. The van der Waals surface area contributed by atoms with Gasteiger partial charge in [0.15, 0.2) is 46.3 Å². The number of aromatic nitrogens is 2. The Labute approximate surface area is 253 Å². The van der Waals surface area contributed by atoms with Crippen LogP contribution in [0.3, 0.4) is 0 Å². The molecule has 0 bridgehead atoms. The number of halogens is 4. The van der Waals surface area contributed by atoms with E-state index in [-0.39, 0.29) is 45.5 Å². The van der Waals surface area contributed by atoms with Crippen molar-refractivity contribution in [1.29, 1.82) is 0 Å². The lowest BCUT2D eigenvalue weighted by molar-refractivity contribution is 0.102. The molecule has 1 amide bonds. The van der Waals surface area contributed by atoms with Crippen molar-refractivity contribution in [3.05, 3.63) is 111 Å². The Morgan fingerprint density at radius 2 is 1.58 bits per heavy atom. The first-order valence-electron chi connectivity index (χ1n) is 13.8. The number of carbonyl (C=O) groups excluding carboxylic acids is 1. The molecule has 0 aliphatic heterocycles. The van der Waals surface area contributed by atoms with Crippen molar-refractivity contribution in [2.75, 3.05) is 19.5 Å². The number of hydrogen-bond donors (Lipinski definition) is 1. The number of rotatable bonds is 8. The van der Waals surface area contributed by atoms with Gasteiger partial charge >= 0.3 is 0 Å². The molecule has 2 aromatic heterocycles. The number of nitrogens with zero attached hydrogens (tertiary/aromatic N) is 2. The second-order valence-corrected chi connectivity index (χ2v) is 10.5. The monoisotopic (exact) mass is 619 g/mol. The number of ether oxygens (including phenoxy) is 3. The number of aryl methyl sites for hydroxylation is 1. The molecule has 12 heteroatoms. The van der Waals surface area contributed by atoms with Crippen LogP contribution in [0.2, 0.25) is 0 Å². The molecule has 0 spiro atoms. The first-order valence-corrected chi connectivity index (χ1v) is 13.8. The number of hydrogen-bond acceptors (Lipinski definition) is 6. The van der Waals surface area contributed by atoms with Crippen molar-refractivity contribution in [2.24, 2.45) is 0 Å². The predicted octanol–water partition coefficient (Wildman–Crippen LogP) is 7.19. The summed E-state index contributed by atoms with van der Waals surface area (Å²) in [5.74, 6) is -4.80. The minimum atomic E-state index is -1.13. The van der Waals surface area contributed by atoms with E-state index in [1.165, 1.54) is 56.0 Å². The lowest BCUT2D eigenvalue weighted by atomic mass is 10.1. The molecule has 1 N–H and O–H groups in total. The second-order valence-electron chi connectivity index (χ2n) is 10.5. The molecule has 0 unspecified atom stereocenters. The number of benzene rings is 3. The largest absolute Gasteiger partial charge is 0.493 e. The van der Waals surface area contributed by atoms with Gasteiger partial charge in [-0.05, 0) is 67.6 Å². The number of carbonyl (C=O) groups is 1. The average Bonchev–Trinajstić information content (AvgIpc) is 3.86. The van der Waals surface area contributed by atoms with Crippen LogP contribution < -0.4 is 25.1 Å². The summed E-state index contributed by atoms with van der Waals surface area (Å²) in [6, 6.07) is 11.3. The van der Waals surface area contributed by atoms with Gasteiger partial charge in [-0.2, -0.15) is 0 Å². The summed E-state index contributed by atoms with van der Waals surface area (Å²) in [6.45, 7) is 1.54. The van der Waals surface area contributed by atoms with Crippen LogP contribution in [0.25, 0.3) is 16.6 Å². The smallest absolute Gasteiger partial charge is 0.268 e. The minimum Gasteiger partial charge on any atom is -0.493 e. The SMILES string of the molecule is COc1cc2ncc(F)c(Oc3ccc(NC(=O)c4ccc(C5CC5)n(-c5cc(F)c(F)cc5C)c4=O)cc3F)c2cc1OC. The summed E-state index contributed by atoms with van der Waals surface area (Å²) < 4.78 is 75.4. The van der Waals surface area contributed by atoms with Crippen LogP contribution in [0.1, 0.15) is 40.4 Å². The molecule has 0 saturated heterocycles. The summed E-state index contributed by atoms with van der Waals surface area (Å²) in [6.07, 6.45) is 2.55. The van der Waals surface area contributed by atoms with Gasteiger partial charge in [0.1, 0.15) is 5.56 Å². The summed E-state index contributed by atoms with van der Waals surface area (Å²) in [4.78, 5) is 30.8.